The number of nitrogens with one attached hydrogen (secondary N) is 1. The number of sulfonamides is 1. The average molecular weight is 459 g/mol. The predicted octanol–water partition coefficient (Wildman–Crippen LogP) is 4.45. The summed E-state index contributed by atoms with van der Waals surface area (Å²) in [6.07, 6.45) is 0. The second kappa shape index (κ2) is 9.30. The lowest BCUT2D eigenvalue weighted by Crippen LogP contribution is -2.40. The summed E-state index contributed by atoms with van der Waals surface area (Å²) in [4.78, 5) is 17.1. The van der Waals surface area contributed by atoms with E-state index in [1.54, 1.807) is 13.8 Å². The van der Waals surface area contributed by atoms with Crippen molar-refractivity contribution in [2.24, 2.45) is 0 Å². The molecule has 3 rings (SSSR count). The van der Waals surface area contributed by atoms with E-state index in [0.29, 0.717) is 16.8 Å². The van der Waals surface area contributed by atoms with E-state index in [9.17, 15) is 13.2 Å². The Labute approximate surface area is 187 Å². The molecule has 6 nitrogen and oxygen atoms in total. The number of benzene rings is 2. The fourth-order valence-corrected chi connectivity index (χ4v) is 5.90. The number of esters is 1. The van der Waals surface area contributed by atoms with Crippen LogP contribution < -0.4 is 4.72 Å². The van der Waals surface area contributed by atoms with Crippen LogP contribution in [0.5, 0.6) is 0 Å². The smallest absolute Gasteiger partial charge is 0.324 e. The number of hydrogen-bond donors (Lipinski definition) is 1. The summed E-state index contributed by atoms with van der Waals surface area (Å²) in [7, 11) is -3.89. The fourth-order valence-electron chi connectivity index (χ4n) is 3.28. The second-order valence-corrected chi connectivity index (χ2v) is 10.1. The molecule has 0 aliphatic carbocycles. The summed E-state index contributed by atoms with van der Waals surface area (Å²) in [5.74, 6) is -0.655. The summed E-state index contributed by atoms with van der Waals surface area (Å²) in [6.45, 7) is 8.74. The van der Waals surface area contributed by atoms with E-state index in [0.717, 1.165) is 21.7 Å². The van der Waals surface area contributed by atoms with Crippen molar-refractivity contribution in [1.82, 2.24) is 9.71 Å². The first-order valence-corrected chi connectivity index (χ1v) is 12.2. The summed E-state index contributed by atoms with van der Waals surface area (Å²) >= 11 is 1.46. The van der Waals surface area contributed by atoms with Crippen LogP contribution in [0, 0.1) is 27.7 Å². The number of thiazole rings is 1. The standard InChI is InChI=1S/C23H26N2O4S2/c1-14-11-15(2)17(4)21(16(14)3)31(27,28)25-18(5)23(26)29-12-20-13-30-22(24-20)19-9-7-6-8-10-19/h6-11,13,18,25H,12H2,1-5H3/t18-/m0/s1. The lowest BCUT2D eigenvalue weighted by atomic mass is 10.0. The number of aryl methyl sites for hydroxylation is 2. The molecule has 0 aliphatic heterocycles. The molecular formula is C23H26N2O4S2. The minimum atomic E-state index is -3.89. The van der Waals surface area contributed by atoms with Crippen molar-refractivity contribution in [3.63, 3.8) is 0 Å². The maximum atomic E-state index is 13.0. The number of ether oxygens (including phenoxy) is 1. The molecule has 0 amide bonds. The Hall–Kier alpha value is -2.55. The quantitative estimate of drug-likeness (QED) is 0.529. The van der Waals surface area contributed by atoms with Gasteiger partial charge in [-0.2, -0.15) is 4.72 Å². The van der Waals surface area contributed by atoms with Crippen LogP contribution in [0.4, 0.5) is 0 Å². The molecule has 0 saturated carbocycles. The Morgan fingerprint density at radius 3 is 2.32 bits per heavy atom. The number of hydrogen-bond acceptors (Lipinski definition) is 6. The molecule has 31 heavy (non-hydrogen) atoms. The third kappa shape index (κ3) is 5.20. The monoisotopic (exact) mass is 458 g/mol. The Bertz CT molecular complexity index is 1180. The lowest BCUT2D eigenvalue weighted by Gasteiger charge is -2.18. The molecule has 0 unspecified atom stereocenters. The maximum absolute atomic E-state index is 13.0. The van der Waals surface area contributed by atoms with Crippen molar-refractivity contribution < 1.29 is 17.9 Å². The van der Waals surface area contributed by atoms with Crippen molar-refractivity contribution in [1.29, 1.82) is 0 Å². The van der Waals surface area contributed by atoms with Crippen LogP contribution in [0.15, 0.2) is 46.7 Å². The summed E-state index contributed by atoms with van der Waals surface area (Å²) in [5, 5.41) is 2.66. The van der Waals surface area contributed by atoms with Gasteiger partial charge in [0, 0.05) is 10.9 Å². The minimum absolute atomic E-state index is 0.0180. The lowest BCUT2D eigenvalue weighted by molar-refractivity contribution is -0.146. The molecule has 1 atom stereocenters. The van der Waals surface area contributed by atoms with Crippen LogP contribution >= 0.6 is 11.3 Å². The number of carbonyl (C=O) groups excluding carboxylic acids is 1. The average Bonchev–Trinajstić information content (AvgIpc) is 3.20. The van der Waals surface area contributed by atoms with Crippen molar-refractivity contribution in [3.05, 3.63) is 69.7 Å². The molecule has 0 saturated heterocycles. The van der Waals surface area contributed by atoms with Gasteiger partial charge in [-0.25, -0.2) is 13.4 Å². The first kappa shape index (κ1) is 23.1. The van der Waals surface area contributed by atoms with Crippen LogP contribution in [-0.4, -0.2) is 25.4 Å². The molecule has 1 N–H and O–H groups in total. The van der Waals surface area contributed by atoms with E-state index >= 15 is 0 Å². The number of aromatic nitrogens is 1. The van der Waals surface area contributed by atoms with Gasteiger partial charge >= 0.3 is 5.97 Å². The van der Waals surface area contributed by atoms with E-state index in [-0.39, 0.29) is 11.5 Å². The third-order valence-electron chi connectivity index (χ3n) is 5.19. The molecule has 3 aromatic rings. The molecule has 1 heterocycles. The highest BCUT2D eigenvalue weighted by Gasteiger charge is 2.27. The first-order chi connectivity index (χ1) is 14.6. The zero-order valence-electron chi connectivity index (χ0n) is 18.2. The summed E-state index contributed by atoms with van der Waals surface area (Å²) in [5.41, 5.74) is 4.73. The Kier molecular flexibility index (Phi) is 6.93. The SMILES string of the molecule is Cc1cc(C)c(C)c(S(=O)(=O)N[C@@H](C)C(=O)OCc2csc(-c3ccccc3)n2)c1C. The molecule has 2 aromatic carbocycles. The Balaban J connectivity index is 1.67. The Morgan fingerprint density at radius 2 is 1.71 bits per heavy atom. The number of nitrogens with zero attached hydrogens (tertiary/aromatic N) is 1. The molecular weight excluding hydrogens is 432 g/mol. The van der Waals surface area contributed by atoms with Crippen molar-refractivity contribution in [3.8, 4) is 10.6 Å². The second-order valence-electron chi connectivity index (χ2n) is 7.55. The summed E-state index contributed by atoms with van der Waals surface area (Å²) < 4.78 is 33.8. The van der Waals surface area contributed by atoms with Gasteiger partial charge in [-0.1, -0.05) is 36.4 Å². The van der Waals surface area contributed by atoms with Crippen molar-refractivity contribution >= 4 is 27.3 Å². The van der Waals surface area contributed by atoms with Gasteiger partial charge < -0.3 is 4.74 Å². The largest absolute Gasteiger partial charge is 0.458 e. The molecule has 0 radical (unpaired) electrons. The van der Waals surface area contributed by atoms with Gasteiger partial charge in [0.05, 0.1) is 10.6 Å². The van der Waals surface area contributed by atoms with Crippen molar-refractivity contribution in [2.45, 2.75) is 52.2 Å². The van der Waals surface area contributed by atoms with E-state index in [1.807, 2.05) is 55.6 Å². The van der Waals surface area contributed by atoms with Gasteiger partial charge in [0.1, 0.15) is 17.7 Å². The van der Waals surface area contributed by atoms with Crippen LogP contribution in [0.1, 0.15) is 34.9 Å². The van der Waals surface area contributed by atoms with Crippen LogP contribution in [0.25, 0.3) is 10.6 Å². The van der Waals surface area contributed by atoms with E-state index in [2.05, 4.69) is 9.71 Å². The van der Waals surface area contributed by atoms with Gasteiger partial charge in [0.2, 0.25) is 10.0 Å². The van der Waals surface area contributed by atoms with Gasteiger partial charge in [0.25, 0.3) is 0 Å². The zero-order chi connectivity index (χ0) is 22.8. The molecule has 0 aliphatic rings. The van der Waals surface area contributed by atoms with Gasteiger partial charge in [-0.15, -0.1) is 11.3 Å². The molecule has 0 spiro atoms. The van der Waals surface area contributed by atoms with Crippen LogP contribution in [-0.2, 0) is 26.2 Å². The molecule has 0 bridgehead atoms. The molecule has 0 fully saturated rings. The van der Waals surface area contributed by atoms with Gasteiger partial charge in [-0.05, 0) is 56.9 Å². The maximum Gasteiger partial charge on any atom is 0.324 e. The number of carbonyl (C=O) groups is 1. The fraction of sp³-hybridized carbons (Fsp3) is 0.304. The highest BCUT2D eigenvalue weighted by atomic mass is 32.2. The van der Waals surface area contributed by atoms with Crippen LogP contribution in [0.3, 0.4) is 0 Å². The Morgan fingerprint density at radius 1 is 1.10 bits per heavy atom. The normalized spacial score (nSPS) is 12.5. The van der Waals surface area contributed by atoms with E-state index < -0.39 is 22.0 Å². The number of rotatable bonds is 7. The van der Waals surface area contributed by atoms with Crippen LogP contribution in [0.2, 0.25) is 0 Å². The van der Waals surface area contributed by atoms with Gasteiger partial charge in [-0.3, -0.25) is 4.79 Å². The highest BCUT2D eigenvalue weighted by Crippen LogP contribution is 2.26. The van der Waals surface area contributed by atoms with E-state index in [1.165, 1.54) is 18.3 Å². The molecule has 8 heteroatoms. The van der Waals surface area contributed by atoms with E-state index in [4.69, 9.17) is 4.74 Å². The summed E-state index contributed by atoms with van der Waals surface area (Å²) in [6, 6.07) is 10.6. The highest BCUT2D eigenvalue weighted by molar-refractivity contribution is 7.89. The zero-order valence-corrected chi connectivity index (χ0v) is 19.9. The topological polar surface area (TPSA) is 85.4 Å². The van der Waals surface area contributed by atoms with Gasteiger partial charge in [0.15, 0.2) is 0 Å². The molecule has 164 valence electrons. The third-order valence-corrected chi connectivity index (χ3v) is 7.94. The minimum Gasteiger partial charge on any atom is -0.458 e. The predicted molar refractivity (Wildman–Crippen MR) is 123 cm³/mol. The van der Waals surface area contributed by atoms with Crippen molar-refractivity contribution in [2.75, 3.05) is 0 Å². The first-order valence-electron chi connectivity index (χ1n) is 9.86. The molecule has 1 aromatic heterocycles.